The van der Waals surface area contributed by atoms with Gasteiger partial charge in [0.05, 0.1) is 38.5 Å². The molecule has 2 saturated heterocycles. The molecule has 5 rings (SSSR count). The minimum Gasteiger partial charge on any atom is -0.456 e. The van der Waals surface area contributed by atoms with Crippen molar-refractivity contribution in [3.8, 4) is 0 Å². The predicted molar refractivity (Wildman–Crippen MR) is 173 cm³/mol. The number of anilines is 1. The topological polar surface area (TPSA) is 151 Å². The zero-order valence-electron chi connectivity index (χ0n) is 26.2. The number of esters is 1. The molecule has 47 heavy (non-hydrogen) atoms. The second-order valence-electron chi connectivity index (χ2n) is 11.1. The summed E-state index contributed by atoms with van der Waals surface area (Å²) < 4.78 is 20.9. The summed E-state index contributed by atoms with van der Waals surface area (Å²) in [5, 5.41) is 10.6. The lowest BCUT2D eigenvalue weighted by molar-refractivity contribution is -0.153. The number of nitrogens with one attached hydrogen (secondary N) is 2. The average molecular weight is 646 g/mol. The Morgan fingerprint density at radius 1 is 0.915 bits per heavy atom. The molecule has 3 aliphatic rings. The molecule has 3 amide bonds. The van der Waals surface area contributed by atoms with E-state index in [1.165, 1.54) is 6.08 Å². The van der Waals surface area contributed by atoms with E-state index in [0.717, 1.165) is 16.8 Å². The maximum atomic E-state index is 14.0. The molecule has 3 heterocycles. The number of hydrogen-bond donors (Lipinski definition) is 2. The fourth-order valence-electron chi connectivity index (χ4n) is 5.50. The van der Waals surface area contributed by atoms with Crippen molar-refractivity contribution in [2.75, 3.05) is 77.3 Å². The van der Waals surface area contributed by atoms with Crippen LogP contribution >= 0.6 is 0 Å². The van der Waals surface area contributed by atoms with Crippen LogP contribution in [0.5, 0.6) is 0 Å². The van der Waals surface area contributed by atoms with Crippen molar-refractivity contribution in [2.24, 2.45) is 0 Å². The highest BCUT2D eigenvalue weighted by atomic mass is 16.5. The van der Waals surface area contributed by atoms with E-state index in [9.17, 15) is 19.2 Å². The van der Waals surface area contributed by atoms with Gasteiger partial charge >= 0.3 is 12.1 Å². The first-order chi connectivity index (χ1) is 22.8. The van der Waals surface area contributed by atoms with Crippen LogP contribution in [-0.4, -0.2) is 112 Å². The van der Waals surface area contributed by atoms with E-state index in [1.54, 1.807) is 34.1 Å². The number of amidine groups is 1. The first-order valence-electron chi connectivity index (χ1n) is 15.6. The molecule has 13 nitrogen and oxygen atoms in total. The number of alkyl carbamates (subject to hydrolysis) is 1. The molecule has 0 aromatic heterocycles. The highest BCUT2D eigenvalue weighted by molar-refractivity contribution is 6.29. The van der Waals surface area contributed by atoms with Crippen LogP contribution in [0.3, 0.4) is 0 Å². The van der Waals surface area contributed by atoms with Crippen LogP contribution in [-0.2, 0) is 39.8 Å². The molecule has 2 N–H and O–H groups in total. The van der Waals surface area contributed by atoms with Crippen molar-refractivity contribution in [3.63, 3.8) is 0 Å². The molecule has 0 bridgehead atoms. The molecule has 0 aliphatic carbocycles. The number of amides is 3. The molecular weight excluding hydrogens is 606 g/mol. The van der Waals surface area contributed by atoms with Crippen molar-refractivity contribution in [3.05, 3.63) is 83.6 Å². The van der Waals surface area contributed by atoms with Crippen molar-refractivity contribution >= 4 is 41.0 Å². The molecule has 2 fully saturated rings. The minimum atomic E-state index is -0.750. The maximum absolute atomic E-state index is 14.0. The molecule has 0 saturated carbocycles. The van der Waals surface area contributed by atoms with Crippen LogP contribution in [0.2, 0.25) is 0 Å². The summed E-state index contributed by atoms with van der Waals surface area (Å²) in [6, 6.07) is 14.4. The van der Waals surface area contributed by atoms with Gasteiger partial charge in [0, 0.05) is 49.5 Å². The first kappa shape index (κ1) is 33.4. The second kappa shape index (κ2) is 16.0. The largest absolute Gasteiger partial charge is 0.456 e. The zero-order valence-corrected chi connectivity index (χ0v) is 26.2. The van der Waals surface area contributed by atoms with Gasteiger partial charge in [-0.15, -0.1) is 0 Å². The molecule has 0 unspecified atom stereocenters. The number of aryl methyl sites for hydroxylation is 1. The van der Waals surface area contributed by atoms with Crippen LogP contribution in [0.4, 0.5) is 10.5 Å². The number of benzene rings is 2. The normalized spacial score (nSPS) is 16.6. The number of carbonyl (C=O) groups is 4. The number of rotatable bonds is 11. The zero-order chi connectivity index (χ0) is 33.2. The molecular formula is C34H39N5O8. The van der Waals surface area contributed by atoms with Crippen LogP contribution in [0, 0.1) is 5.41 Å². The first-order valence-corrected chi connectivity index (χ1v) is 15.6. The van der Waals surface area contributed by atoms with Gasteiger partial charge in [-0.3, -0.25) is 25.1 Å². The number of nitrogens with zero attached hydrogens (tertiary/aromatic N) is 3. The number of ether oxygens (including phenoxy) is 4. The maximum Gasteiger partial charge on any atom is 0.413 e. The molecule has 0 radical (unpaired) electrons. The van der Waals surface area contributed by atoms with Crippen molar-refractivity contribution in [2.45, 2.75) is 12.8 Å². The molecule has 0 spiro atoms. The van der Waals surface area contributed by atoms with E-state index in [0.29, 0.717) is 82.4 Å². The fraction of sp³-hybridized carbons (Fsp3) is 0.382. The third-order valence-electron chi connectivity index (χ3n) is 8.06. The molecule has 13 heteroatoms. The lowest BCUT2D eigenvalue weighted by Crippen LogP contribution is -2.42. The smallest absolute Gasteiger partial charge is 0.413 e. The second-order valence-corrected chi connectivity index (χ2v) is 11.1. The summed E-state index contributed by atoms with van der Waals surface area (Å²) >= 11 is 0. The number of carbonyl (C=O) groups excluding carboxylic acids is 4. The lowest BCUT2D eigenvalue weighted by atomic mass is 10.0. The van der Waals surface area contributed by atoms with Gasteiger partial charge in [0.15, 0.2) is 6.61 Å². The third-order valence-corrected chi connectivity index (χ3v) is 8.06. The van der Waals surface area contributed by atoms with Crippen LogP contribution in [0.1, 0.15) is 23.1 Å². The highest BCUT2D eigenvalue weighted by Crippen LogP contribution is 2.34. The van der Waals surface area contributed by atoms with Crippen LogP contribution in [0.25, 0.3) is 5.57 Å². The van der Waals surface area contributed by atoms with Gasteiger partial charge in [0.25, 0.3) is 11.8 Å². The standard InChI is InChI=1S/C34H39N5O8/c1-2-17-46-34(43)36-32(35)26-8-10-27(11-9-26)39-22-28(37-13-18-44-19-14-37)31(33(39)42)25-6-3-24(4-7-25)5-12-30(41)47-23-29(40)38-15-20-45-21-16-38/h2-4,6-11H,1,5,12-23H2,(H2,35,36,43). The van der Waals surface area contributed by atoms with Gasteiger partial charge in [-0.25, -0.2) is 4.79 Å². The van der Waals surface area contributed by atoms with Gasteiger partial charge in [0.2, 0.25) is 0 Å². The highest BCUT2D eigenvalue weighted by Gasteiger charge is 2.35. The summed E-state index contributed by atoms with van der Waals surface area (Å²) in [7, 11) is 0. The molecule has 0 atom stereocenters. The Morgan fingerprint density at radius 2 is 1.57 bits per heavy atom. The van der Waals surface area contributed by atoms with Gasteiger partial charge in [-0.05, 0) is 41.8 Å². The van der Waals surface area contributed by atoms with E-state index < -0.39 is 12.1 Å². The van der Waals surface area contributed by atoms with Gasteiger partial charge in [0.1, 0.15) is 12.4 Å². The SMILES string of the molecule is C=CCOC(=O)NC(=N)c1ccc(N2CC(N3CCOCC3)=C(c3ccc(CCC(=O)OCC(=O)N4CCOCC4)cc3)C2=O)cc1. The monoisotopic (exact) mass is 645 g/mol. The van der Waals surface area contributed by atoms with E-state index in [-0.39, 0.29) is 37.3 Å². The van der Waals surface area contributed by atoms with Crippen LogP contribution in [0.15, 0.2) is 66.9 Å². The Bertz CT molecular complexity index is 1510. The van der Waals surface area contributed by atoms with E-state index in [2.05, 4.69) is 16.8 Å². The summed E-state index contributed by atoms with van der Waals surface area (Å²) in [4.78, 5) is 55.9. The Morgan fingerprint density at radius 3 is 2.23 bits per heavy atom. The predicted octanol–water partition coefficient (Wildman–Crippen LogP) is 2.35. The van der Waals surface area contributed by atoms with E-state index >= 15 is 0 Å². The minimum absolute atomic E-state index is 0.0343. The molecule has 248 valence electrons. The van der Waals surface area contributed by atoms with Gasteiger partial charge < -0.3 is 33.6 Å². The average Bonchev–Trinajstić information content (AvgIpc) is 3.46. The summed E-state index contributed by atoms with van der Waals surface area (Å²) in [6.07, 6.45) is 1.25. The Labute approximate surface area is 273 Å². The number of hydrogen-bond acceptors (Lipinski definition) is 10. The van der Waals surface area contributed by atoms with E-state index in [4.69, 9.17) is 24.4 Å². The molecule has 2 aromatic rings. The van der Waals surface area contributed by atoms with E-state index in [1.807, 2.05) is 24.3 Å². The van der Waals surface area contributed by atoms with Crippen molar-refractivity contribution in [1.82, 2.24) is 15.1 Å². The number of morpholine rings is 2. The van der Waals surface area contributed by atoms with Gasteiger partial charge in [-0.2, -0.15) is 0 Å². The van der Waals surface area contributed by atoms with Crippen molar-refractivity contribution in [1.29, 1.82) is 5.41 Å². The summed E-state index contributed by atoms with van der Waals surface area (Å²) in [5.74, 6) is -0.943. The van der Waals surface area contributed by atoms with Gasteiger partial charge in [-0.1, -0.05) is 36.9 Å². The Hall–Kier alpha value is -5.01. The van der Waals surface area contributed by atoms with Crippen LogP contribution < -0.4 is 10.2 Å². The fourth-order valence-corrected chi connectivity index (χ4v) is 5.50. The molecule has 3 aliphatic heterocycles. The quantitative estimate of drug-likeness (QED) is 0.162. The molecule has 2 aromatic carbocycles. The summed E-state index contributed by atoms with van der Waals surface area (Å²) in [6.45, 7) is 8.05. The Balaban J connectivity index is 1.23. The van der Waals surface area contributed by atoms with Crippen molar-refractivity contribution < 1.29 is 38.1 Å². The lowest BCUT2D eigenvalue weighted by Gasteiger charge is -2.30. The summed E-state index contributed by atoms with van der Waals surface area (Å²) in [5.41, 5.74) is 4.29. The Kier molecular flexibility index (Phi) is 11.4. The third kappa shape index (κ3) is 8.63.